The van der Waals surface area contributed by atoms with Crippen molar-refractivity contribution in [3.63, 3.8) is 0 Å². The first kappa shape index (κ1) is 13.3. The molecule has 1 N–H and O–H groups in total. The lowest BCUT2D eigenvalue weighted by Crippen LogP contribution is -2.28. The summed E-state index contributed by atoms with van der Waals surface area (Å²) in [4.78, 5) is 2.44. The van der Waals surface area contributed by atoms with Gasteiger partial charge in [-0.25, -0.2) is 0 Å². The number of rotatable bonds is 5. The summed E-state index contributed by atoms with van der Waals surface area (Å²) >= 11 is 0. The molecule has 16 heavy (non-hydrogen) atoms. The second-order valence-corrected chi connectivity index (χ2v) is 6.05. The minimum absolute atomic E-state index is 0.290. The van der Waals surface area contributed by atoms with E-state index in [0.717, 1.165) is 24.4 Å². The van der Waals surface area contributed by atoms with Crippen LogP contribution in [0, 0.1) is 5.41 Å². The maximum Gasteiger partial charge on any atom is 0.0379 e. The number of nitrogens with one attached hydrogen (secondary N) is 1. The molecule has 0 spiro atoms. The average Bonchev–Trinajstić information content (AvgIpc) is 2.51. The monoisotopic (exact) mass is 222 g/mol. The average molecular weight is 222 g/mol. The molecule has 0 aromatic rings. The first-order chi connectivity index (χ1) is 7.37. The summed E-state index contributed by atoms with van der Waals surface area (Å²) in [6.45, 7) is 18.2. The largest absolute Gasteiger partial charge is 0.362 e. The summed E-state index contributed by atoms with van der Waals surface area (Å²) < 4.78 is 0. The molecule has 92 valence electrons. The van der Waals surface area contributed by atoms with Gasteiger partial charge in [-0.2, -0.15) is 0 Å². The van der Waals surface area contributed by atoms with Crippen LogP contribution in [0.1, 0.15) is 40.0 Å². The van der Waals surface area contributed by atoms with Crippen LogP contribution >= 0.6 is 0 Å². The second-order valence-electron chi connectivity index (χ2n) is 6.05. The summed E-state index contributed by atoms with van der Waals surface area (Å²) in [5, 5.41) is 3.33. The summed E-state index contributed by atoms with van der Waals surface area (Å²) in [6, 6.07) is 0. The van der Waals surface area contributed by atoms with Crippen LogP contribution in [0.25, 0.3) is 0 Å². The highest BCUT2D eigenvalue weighted by Crippen LogP contribution is 2.22. The molecule has 0 radical (unpaired) electrons. The summed E-state index contributed by atoms with van der Waals surface area (Å²) in [5.74, 6) is 0. The maximum absolute atomic E-state index is 4.07. The molecule has 0 bridgehead atoms. The van der Waals surface area contributed by atoms with Gasteiger partial charge in [0.1, 0.15) is 0 Å². The maximum atomic E-state index is 4.07. The Bertz CT molecular complexity index is 254. The van der Waals surface area contributed by atoms with Crippen molar-refractivity contribution >= 4 is 0 Å². The predicted octanol–water partition coefficient (Wildman–Crippen LogP) is 3.14. The topological polar surface area (TPSA) is 15.3 Å². The number of hydrogen-bond acceptors (Lipinski definition) is 2. The smallest absolute Gasteiger partial charge is 0.0379 e. The number of nitrogens with zero attached hydrogens (tertiary/aromatic N) is 1. The lowest BCUT2D eigenvalue weighted by atomic mass is 9.91. The van der Waals surface area contributed by atoms with Crippen molar-refractivity contribution in [2.24, 2.45) is 5.41 Å². The van der Waals surface area contributed by atoms with Gasteiger partial charge in [0.05, 0.1) is 0 Å². The van der Waals surface area contributed by atoms with E-state index in [4.69, 9.17) is 0 Å². The molecule has 1 fully saturated rings. The van der Waals surface area contributed by atoms with E-state index in [1.807, 2.05) is 0 Å². The van der Waals surface area contributed by atoms with E-state index in [0.29, 0.717) is 0 Å². The fourth-order valence-corrected chi connectivity index (χ4v) is 2.18. The molecule has 1 aliphatic heterocycles. The quantitative estimate of drug-likeness (QED) is 0.769. The Kier molecular flexibility index (Phi) is 4.60. The van der Waals surface area contributed by atoms with E-state index < -0.39 is 0 Å². The van der Waals surface area contributed by atoms with Gasteiger partial charge in [0, 0.05) is 17.9 Å². The first-order valence-electron chi connectivity index (χ1n) is 6.22. The number of likely N-dealkylation sites (tertiary alicyclic amines) is 1. The van der Waals surface area contributed by atoms with Crippen LogP contribution in [0.4, 0.5) is 0 Å². The Balaban J connectivity index is 2.25. The van der Waals surface area contributed by atoms with Gasteiger partial charge in [-0.1, -0.05) is 33.9 Å². The highest BCUT2D eigenvalue weighted by molar-refractivity contribution is 5.07. The zero-order valence-corrected chi connectivity index (χ0v) is 11.1. The Labute approximate surface area is 100 Å². The van der Waals surface area contributed by atoms with E-state index in [2.05, 4.69) is 44.1 Å². The summed E-state index contributed by atoms with van der Waals surface area (Å²) in [6.07, 6.45) is 3.65. The SMILES string of the molecule is C=C(CN1CCCC1)NC(=C)CC(C)(C)C. The van der Waals surface area contributed by atoms with Gasteiger partial charge < -0.3 is 5.32 Å². The Morgan fingerprint density at radius 2 is 1.69 bits per heavy atom. The predicted molar refractivity (Wildman–Crippen MR) is 71.2 cm³/mol. The molecule has 0 aliphatic carbocycles. The van der Waals surface area contributed by atoms with Crippen LogP contribution in [0.5, 0.6) is 0 Å². The van der Waals surface area contributed by atoms with Crippen molar-refractivity contribution in [1.29, 1.82) is 0 Å². The molecule has 1 aliphatic rings. The third-order valence-electron chi connectivity index (χ3n) is 2.71. The highest BCUT2D eigenvalue weighted by Gasteiger charge is 2.14. The van der Waals surface area contributed by atoms with Crippen LogP contribution < -0.4 is 5.32 Å². The van der Waals surface area contributed by atoms with Crippen molar-refractivity contribution in [2.75, 3.05) is 19.6 Å². The molecule has 0 aromatic heterocycles. The van der Waals surface area contributed by atoms with Crippen molar-refractivity contribution in [3.05, 3.63) is 24.6 Å². The molecule has 0 amide bonds. The normalized spacial score (nSPS) is 17.4. The molecule has 1 heterocycles. The van der Waals surface area contributed by atoms with Gasteiger partial charge in [0.25, 0.3) is 0 Å². The Hall–Kier alpha value is -0.760. The highest BCUT2D eigenvalue weighted by atomic mass is 15.2. The fourth-order valence-electron chi connectivity index (χ4n) is 2.18. The fraction of sp³-hybridized carbons (Fsp3) is 0.714. The molecular weight excluding hydrogens is 196 g/mol. The van der Waals surface area contributed by atoms with Crippen LogP contribution in [0.3, 0.4) is 0 Å². The van der Waals surface area contributed by atoms with Gasteiger partial charge in [-0.3, -0.25) is 4.90 Å². The lowest BCUT2D eigenvalue weighted by molar-refractivity contribution is 0.358. The van der Waals surface area contributed by atoms with Gasteiger partial charge in [-0.05, 0) is 37.8 Å². The minimum Gasteiger partial charge on any atom is -0.362 e. The van der Waals surface area contributed by atoms with Crippen LogP contribution in [-0.4, -0.2) is 24.5 Å². The molecule has 0 aromatic carbocycles. The minimum atomic E-state index is 0.290. The van der Waals surface area contributed by atoms with Gasteiger partial charge in [0.15, 0.2) is 0 Å². The van der Waals surface area contributed by atoms with Crippen molar-refractivity contribution in [3.8, 4) is 0 Å². The molecule has 2 heteroatoms. The Morgan fingerprint density at radius 3 is 2.19 bits per heavy atom. The third-order valence-corrected chi connectivity index (χ3v) is 2.71. The first-order valence-corrected chi connectivity index (χ1v) is 6.22. The van der Waals surface area contributed by atoms with Crippen molar-refractivity contribution < 1.29 is 0 Å². The molecule has 1 saturated heterocycles. The van der Waals surface area contributed by atoms with E-state index in [1.165, 1.54) is 25.9 Å². The van der Waals surface area contributed by atoms with Gasteiger partial charge >= 0.3 is 0 Å². The molecule has 0 atom stereocenters. The third kappa shape index (κ3) is 5.36. The standard InChI is InChI=1S/C14H26N2/c1-12(10-14(3,4)5)15-13(2)11-16-8-6-7-9-16/h15H,1-2,6-11H2,3-5H3. The van der Waals surface area contributed by atoms with Gasteiger partial charge in [-0.15, -0.1) is 0 Å². The van der Waals surface area contributed by atoms with Crippen LogP contribution in [0.2, 0.25) is 0 Å². The molecule has 0 unspecified atom stereocenters. The zero-order valence-electron chi connectivity index (χ0n) is 11.1. The second kappa shape index (κ2) is 5.53. The lowest BCUT2D eigenvalue weighted by Gasteiger charge is -2.23. The molecule has 2 nitrogen and oxygen atoms in total. The molecule has 0 saturated carbocycles. The van der Waals surface area contributed by atoms with E-state index >= 15 is 0 Å². The van der Waals surface area contributed by atoms with E-state index in [9.17, 15) is 0 Å². The van der Waals surface area contributed by atoms with Crippen LogP contribution in [0.15, 0.2) is 24.6 Å². The van der Waals surface area contributed by atoms with E-state index in [1.54, 1.807) is 0 Å². The zero-order chi connectivity index (χ0) is 12.2. The van der Waals surface area contributed by atoms with E-state index in [-0.39, 0.29) is 5.41 Å². The Morgan fingerprint density at radius 1 is 1.12 bits per heavy atom. The summed E-state index contributed by atoms with van der Waals surface area (Å²) in [7, 11) is 0. The van der Waals surface area contributed by atoms with Gasteiger partial charge in [0.2, 0.25) is 0 Å². The number of allylic oxidation sites excluding steroid dienone is 1. The summed E-state index contributed by atoms with van der Waals surface area (Å²) in [5.41, 5.74) is 2.45. The van der Waals surface area contributed by atoms with Crippen molar-refractivity contribution in [1.82, 2.24) is 10.2 Å². The number of hydrogen-bond donors (Lipinski definition) is 1. The van der Waals surface area contributed by atoms with Crippen LogP contribution in [-0.2, 0) is 0 Å². The molecule has 1 rings (SSSR count). The molecular formula is C14H26N2. The van der Waals surface area contributed by atoms with Crippen molar-refractivity contribution in [2.45, 2.75) is 40.0 Å².